The van der Waals surface area contributed by atoms with E-state index in [4.69, 9.17) is 0 Å². The van der Waals surface area contributed by atoms with E-state index in [0.29, 0.717) is 6.54 Å². The number of carbonyl (C=O) groups excluding carboxylic acids is 1. The van der Waals surface area contributed by atoms with E-state index in [2.05, 4.69) is 0 Å². The summed E-state index contributed by atoms with van der Waals surface area (Å²) in [6, 6.07) is 13.7. The Hall–Kier alpha value is -2.14. The van der Waals surface area contributed by atoms with Gasteiger partial charge >= 0.3 is 12.1 Å². The third kappa shape index (κ3) is 7.28. The first kappa shape index (κ1) is 25.9. The second-order valence-corrected chi connectivity index (χ2v) is 8.54. The number of likely N-dealkylation sites (N-methyl/N-ethyl adjacent to an activating group) is 1. The molecule has 0 fully saturated rings. The van der Waals surface area contributed by atoms with Crippen molar-refractivity contribution >= 4 is 34.0 Å². The molecule has 0 aliphatic heterocycles. The average Bonchev–Trinajstić information content (AvgIpc) is 2.65. The molecule has 11 heteroatoms. The summed E-state index contributed by atoms with van der Waals surface area (Å²) in [6.07, 6.45) is -5.02. The van der Waals surface area contributed by atoms with Crippen molar-refractivity contribution in [1.82, 2.24) is 9.21 Å². The van der Waals surface area contributed by atoms with E-state index in [-0.39, 0.29) is 36.1 Å². The van der Waals surface area contributed by atoms with Crippen molar-refractivity contribution in [3.05, 3.63) is 60.2 Å². The molecule has 0 aliphatic rings. The number of nitrogens with one attached hydrogen (secondary N) is 1. The minimum absolute atomic E-state index is 0. The molecule has 1 N–H and O–H groups in total. The smallest absolute Gasteiger partial charge is 0.318 e. The van der Waals surface area contributed by atoms with Gasteiger partial charge in [-0.2, -0.15) is 17.5 Å². The van der Waals surface area contributed by atoms with Crippen molar-refractivity contribution in [2.45, 2.75) is 17.6 Å². The van der Waals surface area contributed by atoms with Crippen LogP contribution in [0.15, 0.2) is 59.5 Å². The first-order valence-corrected chi connectivity index (χ1v) is 10.1. The molecule has 0 heterocycles. The number of anilines is 1. The van der Waals surface area contributed by atoms with Gasteiger partial charge in [-0.3, -0.25) is 4.79 Å². The van der Waals surface area contributed by atoms with Gasteiger partial charge in [0.25, 0.3) is 0 Å². The van der Waals surface area contributed by atoms with Gasteiger partial charge in [0.1, 0.15) is 0 Å². The normalized spacial score (nSPS) is 12.0. The van der Waals surface area contributed by atoms with Crippen molar-refractivity contribution in [1.29, 1.82) is 0 Å². The lowest BCUT2D eigenvalue weighted by Crippen LogP contribution is -2.36. The van der Waals surface area contributed by atoms with Crippen LogP contribution in [-0.4, -0.2) is 56.9 Å². The molecular formula is C19H23ClF3N3O3S. The molecule has 1 amide bonds. The highest BCUT2D eigenvalue weighted by atomic mass is 35.5. The fourth-order valence-corrected chi connectivity index (χ4v) is 3.86. The zero-order chi connectivity index (χ0) is 21.7. The summed E-state index contributed by atoms with van der Waals surface area (Å²) in [6.45, 7) is 0.881. The van der Waals surface area contributed by atoms with Gasteiger partial charge in [-0.1, -0.05) is 30.3 Å². The standard InChI is InChI=1S/C19H22F3N3O3S.ClH/c1-24(2)12-13-25(14-15-6-4-3-5-7-15)29(27,28)17-10-8-16(9-11-17)23-18(26)19(20,21)22;/h3-11H,12-14H2,1-2H3,(H,23,26);1H. The van der Waals surface area contributed by atoms with E-state index in [1.54, 1.807) is 5.32 Å². The van der Waals surface area contributed by atoms with Gasteiger partial charge < -0.3 is 10.2 Å². The molecule has 30 heavy (non-hydrogen) atoms. The lowest BCUT2D eigenvalue weighted by Gasteiger charge is -2.24. The van der Waals surface area contributed by atoms with Gasteiger partial charge in [-0.15, -0.1) is 12.4 Å². The average molecular weight is 466 g/mol. The van der Waals surface area contributed by atoms with Crippen LogP contribution >= 0.6 is 12.4 Å². The number of sulfonamides is 1. The van der Waals surface area contributed by atoms with Crippen molar-refractivity contribution in [2.75, 3.05) is 32.5 Å². The summed E-state index contributed by atoms with van der Waals surface area (Å²) in [7, 11) is -0.247. The van der Waals surface area contributed by atoms with E-state index in [9.17, 15) is 26.4 Å². The molecule has 2 aromatic rings. The van der Waals surface area contributed by atoms with E-state index < -0.39 is 22.1 Å². The van der Waals surface area contributed by atoms with Crippen molar-refractivity contribution in [2.24, 2.45) is 0 Å². The number of hydrogen-bond donors (Lipinski definition) is 1. The molecule has 0 atom stereocenters. The topological polar surface area (TPSA) is 69.7 Å². The molecule has 0 radical (unpaired) electrons. The molecule has 2 rings (SSSR count). The van der Waals surface area contributed by atoms with Crippen LogP contribution in [0, 0.1) is 0 Å². The first-order chi connectivity index (χ1) is 13.5. The molecule has 0 unspecified atom stereocenters. The molecule has 0 aromatic heterocycles. The lowest BCUT2D eigenvalue weighted by molar-refractivity contribution is -0.167. The predicted octanol–water partition coefficient (Wildman–Crippen LogP) is 3.36. The molecule has 2 aromatic carbocycles. The Balaban J connectivity index is 0.00000450. The summed E-state index contributed by atoms with van der Waals surface area (Å²) in [5, 5.41) is 1.69. The largest absolute Gasteiger partial charge is 0.471 e. The van der Waals surface area contributed by atoms with E-state index >= 15 is 0 Å². The maximum Gasteiger partial charge on any atom is 0.471 e. The highest BCUT2D eigenvalue weighted by Gasteiger charge is 2.38. The molecule has 6 nitrogen and oxygen atoms in total. The second kappa shape index (κ2) is 10.8. The van der Waals surface area contributed by atoms with Crippen LogP contribution in [0.4, 0.5) is 18.9 Å². The van der Waals surface area contributed by atoms with Gasteiger partial charge in [0.05, 0.1) is 4.90 Å². The maximum absolute atomic E-state index is 13.1. The van der Waals surface area contributed by atoms with Crippen LogP contribution in [0.25, 0.3) is 0 Å². The van der Waals surface area contributed by atoms with E-state index in [1.807, 2.05) is 49.3 Å². The SMILES string of the molecule is CN(C)CCN(Cc1ccccc1)S(=O)(=O)c1ccc(NC(=O)C(F)(F)F)cc1.Cl. The molecule has 0 bridgehead atoms. The zero-order valence-electron chi connectivity index (χ0n) is 16.4. The monoisotopic (exact) mass is 465 g/mol. The first-order valence-electron chi connectivity index (χ1n) is 8.67. The summed E-state index contributed by atoms with van der Waals surface area (Å²) in [5.74, 6) is -2.12. The number of rotatable bonds is 8. The minimum atomic E-state index is -5.02. The summed E-state index contributed by atoms with van der Waals surface area (Å²) in [4.78, 5) is 12.8. The molecule has 166 valence electrons. The van der Waals surface area contributed by atoms with Crippen LogP contribution in [0.2, 0.25) is 0 Å². The summed E-state index contributed by atoms with van der Waals surface area (Å²) < 4.78 is 64.5. The third-order valence-electron chi connectivity index (χ3n) is 4.01. The molecule has 0 saturated carbocycles. The predicted molar refractivity (Wildman–Crippen MR) is 111 cm³/mol. The van der Waals surface area contributed by atoms with Gasteiger partial charge in [0, 0.05) is 25.3 Å². The van der Waals surface area contributed by atoms with E-state index in [0.717, 1.165) is 17.7 Å². The Labute approximate surface area is 180 Å². The minimum Gasteiger partial charge on any atom is -0.318 e. The second-order valence-electron chi connectivity index (χ2n) is 6.60. The number of benzene rings is 2. The highest BCUT2D eigenvalue weighted by Crippen LogP contribution is 2.22. The Bertz CT molecular complexity index is 922. The van der Waals surface area contributed by atoms with Gasteiger partial charge in [0.2, 0.25) is 10.0 Å². The number of hydrogen-bond acceptors (Lipinski definition) is 4. The summed E-state index contributed by atoms with van der Waals surface area (Å²) >= 11 is 0. The summed E-state index contributed by atoms with van der Waals surface area (Å²) in [5.41, 5.74) is 0.665. The fourth-order valence-electron chi connectivity index (χ4n) is 2.44. The van der Waals surface area contributed by atoms with Gasteiger partial charge in [0.15, 0.2) is 0 Å². The van der Waals surface area contributed by atoms with Crippen LogP contribution in [-0.2, 0) is 21.4 Å². The van der Waals surface area contributed by atoms with Crippen molar-refractivity contribution in [3.8, 4) is 0 Å². The van der Waals surface area contributed by atoms with Crippen molar-refractivity contribution in [3.63, 3.8) is 0 Å². The molecule has 0 aliphatic carbocycles. The number of halogens is 4. The van der Waals surface area contributed by atoms with Gasteiger partial charge in [-0.05, 0) is 43.9 Å². The van der Waals surface area contributed by atoms with Crippen LogP contribution < -0.4 is 5.32 Å². The molecular weight excluding hydrogens is 443 g/mol. The number of alkyl halides is 3. The maximum atomic E-state index is 13.1. The number of nitrogens with zero attached hydrogens (tertiary/aromatic N) is 2. The van der Waals surface area contributed by atoms with Crippen molar-refractivity contribution < 1.29 is 26.4 Å². The lowest BCUT2D eigenvalue weighted by atomic mass is 10.2. The molecule has 0 saturated heterocycles. The zero-order valence-corrected chi connectivity index (χ0v) is 18.0. The van der Waals surface area contributed by atoms with E-state index in [1.165, 1.54) is 16.4 Å². The van der Waals surface area contributed by atoms with Crippen LogP contribution in [0.1, 0.15) is 5.56 Å². The van der Waals surface area contributed by atoms with Gasteiger partial charge in [-0.25, -0.2) is 8.42 Å². The molecule has 0 spiro atoms. The van der Waals surface area contributed by atoms with Crippen LogP contribution in [0.3, 0.4) is 0 Å². The Morgan fingerprint density at radius 1 is 0.967 bits per heavy atom. The Morgan fingerprint density at radius 3 is 2.03 bits per heavy atom. The quantitative estimate of drug-likeness (QED) is 0.649. The fraction of sp³-hybridized carbons (Fsp3) is 0.316. The van der Waals surface area contributed by atoms with Crippen LogP contribution in [0.5, 0.6) is 0 Å². The Morgan fingerprint density at radius 2 is 1.53 bits per heavy atom. The Kier molecular flexibility index (Phi) is 9.29. The number of carbonyl (C=O) groups is 1. The third-order valence-corrected chi connectivity index (χ3v) is 5.87. The number of amides is 1. The highest BCUT2D eigenvalue weighted by molar-refractivity contribution is 7.89.